The van der Waals surface area contributed by atoms with E-state index in [0.717, 1.165) is 0 Å². The second-order valence-electron chi connectivity index (χ2n) is 6.61. The van der Waals surface area contributed by atoms with Gasteiger partial charge in [-0.2, -0.15) is 0 Å². The molecule has 0 bridgehead atoms. The highest BCUT2D eigenvalue weighted by atomic mass is 16.7. The molecule has 0 aromatic heterocycles. The van der Waals surface area contributed by atoms with Gasteiger partial charge in [-0.05, 0) is 25.8 Å². The van der Waals surface area contributed by atoms with Crippen LogP contribution in [0, 0.1) is 10.1 Å². The smallest absolute Gasteiger partial charge is 0.339 e. The number of carboxylic acid groups (broad SMARTS) is 1. The van der Waals surface area contributed by atoms with Crippen LogP contribution in [0.25, 0.3) is 0 Å². The lowest BCUT2D eigenvalue weighted by Crippen LogP contribution is -2.32. The van der Waals surface area contributed by atoms with Gasteiger partial charge in [0.25, 0.3) is 5.69 Å². The summed E-state index contributed by atoms with van der Waals surface area (Å²) < 4.78 is 9.86. The van der Waals surface area contributed by atoms with E-state index in [0.29, 0.717) is 17.8 Å². The van der Waals surface area contributed by atoms with E-state index >= 15 is 0 Å². The molecule has 0 saturated carbocycles. The summed E-state index contributed by atoms with van der Waals surface area (Å²) in [4.78, 5) is 46.7. The molecule has 1 atom stereocenters. The number of benzene rings is 1. The molecule has 0 aliphatic carbocycles. The van der Waals surface area contributed by atoms with E-state index in [9.17, 15) is 29.6 Å². The van der Waals surface area contributed by atoms with Gasteiger partial charge in [-0.1, -0.05) is 19.1 Å². The number of carboxylic acids is 1. The summed E-state index contributed by atoms with van der Waals surface area (Å²) in [6, 6.07) is 5.40. The van der Waals surface area contributed by atoms with Crippen molar-refractivity contribution in [1.29, 1.82) is 0 Å². The van der Waals surface area contributed by atoms with Crippen molar-refractivity contribution in [3.05, 3.63) is 62.5 Å². The minimum Gasteiger partial charge on any atom is -0.478 e. The number of ether oxygens (including phenoxy) is 2. The number of rotatable bonds is 8. The van der Waals surface area contributed by atoms with Crippen LogP contribution >= 0.6 is 0 Å². The molecule has 1 unspecified atom stereocenters. The number of carbonyl (C=O) groups is 3. The van der Waals surface area contributed by atoms with E-state index in [4.69, 9.17) is 9.47 Å². The number of dihydropyridines is 1. The monoisotopic (exact) mass is 418 g/mol. The maximum Gasteiger partial charge on any atom is 0.339 e. The zero-order valence-corrected chi connectivity index (χ0v) is 16.8. The Hall–Kier alpha value is -3.69. The Morgan fingerprint density at radius 2 is 1.83 bits per heavy atom. The summed E-state index contributed by atoms with van der Waals surface area (Å²) in [5.74, 6) is -3.83. The van der Waals surface area contributed by atoms with Gasteiger partial charge in [0, 0.05) is 29.9 Å². The molecule has 30 heavy (non-hydrogen) atoms. The third kappa shape index (κ3) is 5.02. The van der Waals surface area contributed by atoms with Crippen molar-refractivity contribution in [2.24, 2.45) is 0 Å². The van der Waals surface area contributed by atoms with Gasteiger partial charge in [0.05, 0.1) is 22.0 Å². The molecule has 2 rings (SSSR count). The molecule has 160 valence electrons. The lowest BCUT2D eigenvalue weighted by molar-refractivity contribution is -0.384. The highest BCUT2D eigenvalue weighted by molar-refractivity contribution is 5.99. The average molecular weight is 418 g/mol. The third-order valence-corrected chi connectivity index (χ3v) is 4.49. The molecule has 1 heterocycles. The first-order valence-electron chi connectivity index (χ1n) is 9.16. The molecular formula is C20H22N2O8. The lowest BCUT2D eigenvalue weighted by atomic mass is 9.80. The second kappa shape index (κ2) is 9.68. The predicted molar refractivity (Wildman–Crippen MR) is 104 cm³/mol. The van der Waals surface area contributed by atoms with Crippen molar-refractivity contribution in [3.63, 3.8) is 0 Å². The summed E-state index contributed by atoms with van der Waals surface area (Å²) in [7, 11) is 0. The first-order chi connectivity index (χ1) is 14.2. The Morgan fingerprint density at radius 3 is 2.43 bits per heavy atom. The topological polar surface area (TPSA) is 145 Å². The van der Waals surface area contributed by atoms with Gasteiger partial charge in [0.15, 0.2) is 0 Å². The Bertz CT molecular complexity index is 948. The van der Waals surface area contributed by atoms with Crippen LogP contribution in [0.4, 0.5) is 5.69 Å². The molecule has 1 aliphatic heterocycles. The molecule has 1 aromatic carbocycles. The second-order valence-corrected chi connectivity index (χ2v) is 6.61. The number of allylic oxidation sites excluding steroid dienone is 2. The van der Waals surface area contributed by atoms with Crippen LogP contribution in [0.5, 0.6) is 0 Å². The van der Waals surface area contributed by atoms with Crippen molar-refractivity contribution in [2.75, 3.05) is 6.79 Å². The fraction of sp³-hybridized carbons (Fsp3) is 0.350. The normalized spacial score (nSPS) is 16.0. The van der Waals surface area contributed by atoms with E-state index in [2.05, 4.69) is 5.32 Å². The minimum absolute atomic E-state index is 0.0370. The van der Waals surface area contributed by atoms with Crippen LogP contribution in [-0.4, -0.2) is 34.7 Å². The van der Waals surface area contributed by atoms with Crippen LogP contribution in [-0.2, 0) is 23.9 Å². The number of hydrogen-bond donors (Lipinski definition) is 2. The van der Waals surface area contributed by atoms with Crippen molar-refractivity contribution in [1.82, 2.24) is 5.32 Å². The molecule has 0 fully saturated rings. The van der Waals surface area contributed by atoms with Gasteiger partial charge in [-0.3, -0.25) is 14.9 Å². The summed E-state index contributed by atoms with van der Waals surface area (Å²) in [5.41, 5.74) is 0.450. The molecule has 2 N–H and O–H groups in total. The highest BCUT2D eigenvalue weighted by Crippen LogP contribution is 2.39. The molecule has 10 nitrogen and oxygen atoms in total. The molecule has 0 amide bonds. The molecule has 1 aromatic rings. The first kappa shape index (κ1) is 22.6. The summed E-state index contributed by atoms with van der Waals surface area (Å²) in [6.45, 7) is 4.26. The number of nitro benzene ring substituents is 1. The zero-order chi connectivity index (χ0) is 22.4. The van der Waals surface area contributed by atoms with Crippen LogP contribution < -0.4 is 5.32 Å². The lowest BCUT2D eigenvalue weighted by Gasteiger charge is -2.29. The number of aliphatic carboxylic acids is 1. The van der Waals surface area contributed by atoms with E-state index < -0.39 is 35.5 Å². The first-order valence-corrected chi connectivity index (χ1v) is 9.16. The Labute approximate surface area is 172 Å². The SMILES string of the molecule is CCCC(=O)OCOC(=O)C1=C(C)NC(C)=C(C(=O)O)C1c1cccc([N+](=O)[O-])c1. The van der Waals surface area contributed by atoms with Crippen molar-refractivity contribution < 1.29 is 33.9 Å². The zero-order valence-electron chi connectivity index (χ0n) is 16.8. The van der Waals surface area contributed by atoms with E-state index in [1.54, 1.807) is 13.8 Å². The highest BCUT2D eigenvalue weighted by Gasteiger charge is 2.37. The van der Waals surface area contributed by atoms with E-state index in [-0.39, 0.29) is 28.8 Å². The number of hydrogen-bond acceptors (Lipinski definition) is 8. The largest absolute Gasteiger partial charge is 0.478 e. The summed E-state index contributed by atoms with van der Waals surface area (Å²) >= 11 is 0. The van der Waals surface area contributed by atoms with Gasteiger partial charge < -0.3 is 19.9 Å². The molecule has 0 saturated heterocycles. The average Bonchev–Trinajstić information content (AvgIpc) is 2.67. The summed E-state index contributed by atoms with van der Waals surface area (Å²) in [5, 5.41) is 23.7. The number of nitrogens with zero attached hydrogens (tertiary/aromatic N) is 1. The quantitative estimate of drug-likeness (QED) is 0.282. The summed E-state index contributed by atoms with van der Waals surface area (Å²) in [6.07, 6.45) is 0.740. The fourth-order valence-corrected chi connectivity index (χ4v) is 3.20. The third-order valence-electron chi connectivity index (χ3n) is 4.49. The molecule has 0 radical (unpaired) electrons. The van der Waals surface area contributed by atoms with Crippen LogP contribution in [0.1, 0.15) is 45.1 Å². The van der Waals surface area contributed by atoms with Gasteiger partial charge in [-0.15, -0.1) is 0 Å². The van der Waals surface area contributed by atoms with Gasteiger partial charge in [0.1, 0.15) is 0 Å². The number of non-ortho nitro benzene ring substituents is 1. The molecular weight excluding hydrogens is 396 g/mol. The number of esters is 2. The van der Waals surface area contributed by atoms with Gasteiger partial charge >= 0.3 is 17.9 Å². The molecule has 1 aliphatic rings. The molecule has 0 spiro atoms. The Balaban J connectivity index is 2.43. The van der Waals surface area contributed by atoms with Crippen LogP contribution in [0.2, 0.25) is 0 Å². The Kier molecular flexibility index (Phi) is 7.29. The van der Waals surface area contributed by atoms with Crippen LogP contribution in [0.15, 0.2) is 46.8 Å². The van der Waals surface area contributed by atoms with Crippen molar-refractivity contribution in [2.45, 2.75) is 39.5 Å². The number of carbonyl (C=O) groups excluding carboxylic acids is 2. The number of nitrogens with one attached hydrogen (secondary N) is 1. The van der Waals surface area contributed by atoms with Crippen LogP contribution in [0.3, 0.4) is 0 Å². The predicted octanol–water partition coefficient (Wildman–Crippen LogP) is 2.76. The van der Waals surface area contributed by atoms with Crippen molar-refractivity contribution in [3.8, 4) is 0 Å². The maximum absolute atomic E-state index is 12.8. The van der Waals surface area contributed by atoms with E-state index in [1.807, 2.05) is 0 Å². The Morgan fingerprint density at radius 1 is 1.17 bits per heavy atom. The molecule has 10 heteroatoms. The number of nitro groups is 1. The minimum atomic E-state index is -1.29. The van der Waals surface area contributed by atoms with Gasteiger partial charge in [-0.25, -0.2) is 9.59 Å². The fourth-order valence-electron chi connectivity index (χ4n) is 3.20. The maximum atomic E-state index is 12.8. The van der Waals surface area contributed by atoms with Gasteiger partial charge in [0.2, 0.25) is 6.79 Å². The van der Waals surface area contributed by atoms with E-state index in [1.165, 1.54) is 31.2 Å². The van der Waals surface area contributed by atoms with Crippen molar-refractivity contribution >= 4 is 23.6 Å². The standard InChI is InChI=1S/C20H22N2O8/c1-4-6-15(23)29-10-30-20(26)17-12(3)21-11(2)16(19(24)25)18(17)13-7-5-8-14(9-13)22(27)28/h5,7-9,18,21H,4,6,10H2,1-3H3,(H,24,25).